The molecule has 2 heteroatoms. The summed E-state index contributed by atoms with van der Waals surface area (Å²) in [5.41, 5.74) is 3.55. The highest BCUT2D eigenvalue weighted by Crippen LogP contribution is 2.32. The second-order valence-corrected chi connectivity index (χ2v) is 4.93. The maximum atomic E-state index is 6.48. The number of para-hydroxylation sites is 1. The third kappa shape index (κ3) is 3.05. The highest BCUT2D eigenvalue weighted by Gasteiger charge is 2.13. The van der Waals surface area contributed by atoms with Gasteiger partial charge in [-0.05, 0) is 25.0 Å². The summed E-state index contributed by atoms with van der Waals surface area (Å²) in [6.45, 7) is 2.09. The van der Waals surface area contributed by atoms with Gasteiger partial charge >= 0.3 is 0 Å². The zero-order chi connectivity index (χ0) is 13.0. The summed E-state index contributed by atoms with van der Waals surface area (Å²) >= 11 is 6.48. The SMILES string of the molecule is COc1ccccc1C(Cl)Cc1ccc(C)cc1. The normalized spacial score (nSPS) is 12.2. The number of hydrogen-bond donors (Lipinski definition) is 0. The molecule has 1 atom stereocenters. The number of halogens is 1. The molecule has 1 unspecified atom stereocenters. The Bertz CT molecular complexity index is 505. The number of benzene rings is 2. The Morgan fingerprint density at radius 2 is 1.72 bits per heavy atom. The first-order valence-electron chi connectivity index (χ1n) is 6.03. The number of aryl methyl sites for hydroxylation is 1. The van der Waals surface area contributed by atoms with E-state index in [1.54, 1.807) is 7.11 Å². The quantitative estimate of drug-likeness (QED) is 0.734. The van der Waals surface area contributed by atoms with E-state index in [-0.39, 0.29) is 5.38 Å². The first kappa shape index (κ1) is 13.0. The van der Waals surface area contributed by atoms with Crippen molar-refractivity contribution in [2.24, 2.45) is 0 Å². The Balaban J connectivity index is 2.16. The van der Waals surface area contributed by atoms with Crippen LogP contribution in [0.3, 0.4) is 0 Å². The molecule has 0 spiro atoms. The molecule has 2 aromatic rings. The Morgan fingerprint density at radius 1 is 1.06 bits per heavy atom. The summed E-state index contributed by atoms with van der Waals surface area (Å²) < 4.78 is 5.34. The van der Waals surface area contributed by atoms with Gasteiger partial charge in [-0.3, -0.25) is 0 Å². The fraction of sp³-hybridized carbons (Fsp3) is 0.250. The molecule has 0 radical (unpaired) electrons. The van der Waals surface area contributed by atoms with Gasteiger partial charge in [0, 0.05) is 5.56 Å². The minimum atomic E-state index is -0.0659. The monoisotopic (exact) mass is 260 g/mol. The van der Waals surface area contributed by atoms with Gasteiger partial charge in [-0.15, -0.1) is 11.6 Å². The molecule has 2 aromatic carbocycles. The minimum absolute atomic E-state index is 0.0659. The van der Waals surface area contributed by atoms with E-state index in [1.807, 2.05) is 24.3 Å². The summed E-state index contributed by atoms with van der Waals surface area (Å²) in [7, 11) is 1.67. The van der Waals surface area contributed by atoms with E-state index in [4.69, 9.17) is 16.3 Å². The highest BCUT2D eigenvalue weighted by atomic mass is 35.5. The van der Waals surface area contributed by atoms with E-state index >= 15 is 0 Å². The standard InChI is InChI=1S/C16H17ClO/c1-12-7-9-13(10-8-12)11-15(17)14-5-3-4-6-16(14)18-2/h3-10,15H,11H2,1-2H3. The fourth-order valence-electron chi connectivity index (χ4n) is 1.97. The van der Waals surface area contributed by atoms with Crippen molar-refractivity contribution in [3.8, 4) is 5.75 Å². The van der Waals surface area contributed by atoms with Crippen LogP contribution < -0.4 is 4.74 Å². The van der Waals surface area contributed by atoms with Crippen LogP contribution in [-0.4, -0.2) is 7.11 Å². The van der Waals surface area contributed by atoms with E-state index in [9.17, 15) is 0 Å². The molecule has 0 bridgehead atoms. The smallest absolute Gasteiger partial charge is 0.123 e. The molecule has 2 rings (SSSR count). The maximum absolute atomic E-state index is 6.48. The van der Waals surface area contributed by atoms with Gasteiger partial charge in [-0.2, -0.15) is 0 Å². The van der Waals surface area contributed by atoms with E-state index in [1.165, 1.54) is 11.1 Å². The topological polar surface area (TPSA) is 9.23 Å². The average molecular weight is 261 g/mol. The van der Waals surface area contributed by atoms with Crippen LogP contribution >= 0.6 is 11.6 Å². The Labute approximate surface area is 113 Å². The second-order valence-electron chi connectivity index (χ2n) is 4.40. The molecular weight excluding hydrogens is 244 g/mol. The predicted octanol–water partition coefficient (Wildman–Crippen LogP) is 4.53. The Kier molecular flexibility index (Phi) is 4.27. The van der Waals surface area contributed by atoms with E-state index in [0.29, 0.717) is 0 Å². The molecule has 0 aliphatic carbocycles. The first-order valence-corrected chi connectivity index (χ1v) is 6.47. The summed E-state index contributed by atoms with van der Waals surface area (Å²) in [5.74, 6) is 0.851. The van der Waals surface area contributed by atoms with Crippen LogP contribution in [0.2, 0.25) is 0 Å². The van der Waals surface area contributed by atoms with Gasteiger partial charge in [-0.1, -0.05) is 48.0 Å². The number of hydrogen-bond acceptors (Lipinski definition) is 1. The van der Waals surface area contributed by atoms with Gasteiger partial charge in [0.25, 0.3) is 0 Å². The highest BCUT2D eigenvalue weighted by molar-refractivity contribution is 6.21. The molecule has 0 amide bonds. The number of alkyl halides is 1. The lowest BCUT2D eigenvalue weighted by Crippen LogP contribution is -1.99. The third-order valence-corrected chi connectivity index (χ3v) is 3.40. The second kappa shape index (κ2) is 5.92. The molecule has 0 N–H and O–H groups in total. The molecule has 94 valence electrons. The molecule has 18 heavy (non-hydrogen) atoms. The Morgan fingerprint density at radius 3 is 2.39 bits per heavy atom. The fourth-order valence-corrected chi connectivity index (χ4v) is 2.32. The van der Waals surface area contributed by atoms with E-state index < -0.39 is 0 Å². The third-order valence-electron chi connectivity index (χ3n) is 3.01. The van der Waals surface area contributed by atoms with Crippen molar-refractivity contribution in [1.82, 2.24) is 0 Å². The van der Waals surface area contributed by atoms with Crippen LogP contribution in [0.25, 0.3) is 0 Å². The van der Waals surface area contributed by atoms with Crippen LogP contribution in [-0.2, 0) is 6.42 Å². The number of rotatable bonds is 4. The summed E-state index contributed by atoms with van der Waals surface area (Å²) in [5, 5.41) is -0.0659. The van der Waals surface area contributed by atoms with Crippen molar-refractivity contribution in [2.45, 2.75) is 18.7 Å². The minimum Gasteiger partial charge on any atom is -0.496 e. The van der Waals surface area contributed by atoms with Gasteiger partial charge in [0.2, 0.25) is 0 Å². The largest absolute Gasteiger partial charge is 0.496 e. The number of ether oxygens (including phenoxy) is 1. The van der Waals surface area contributed by atoms with Gasteiger partial charge in [0.1, 0.15) is 5.75 Å². The molecule has 0 saturated heterocycles. The van der Waals surface area contributed by atoms with Gasteiger partial charge in [-0.25, -0.2) is 0 Å². The van der Waals surface area contributed by atoms with E-state index in [2.05, 4.69) is 31.2 Å². The molecular formula is C16H17ClO. The lowest BCUT2D eigenvalue weighted by molar-refractivity contribution is 0.409. The lowest BCUT2D eigenvalue weighted by Gasteiger charge is -2.14. The average Bonchev–Trinajstić information content (AvgIpc) is 2.41. The maximum Gasteiger partial charge on any atom is 0.123 e. The van der Waals surface area contributed by atoms with Gasteiger partial charge < -0.3 is 4.74 Å². The molecule has 1 nitrogen and oxygen atoms in total. The van der Waals surface area contributed by atoms with Crippen molar-refractivity contribution in [2.75, 3.05) is 7.11 Å². The summed E-state index contributed by atoms with van der Waals surface area (Å²) in [4.78, 5) is 0. The van der Waals surface area contributed by atoms with Crippen molar-refractivity contribution in [3.63, 3.8) is 0 Å². The van der Waals surface area contributed by atoms with Crippen molar-refractivity contribution in [3.05, 3.63) is 65.2 Å². The molecule has 0 heterocycles. The first-order chi connectivity index (χ1) is 8.70. The van der Waals surface area contributed by atoms with Crippen LogP contribution in [0.5, 0.6) is 5.75 Å². The van der Waals surface area contributed by atoms with Crippen molar-refractivity contribution in [1.29, 1.82) is 0 Å². The number of methoxy groups -OCH3 is 1. The predicted molar refractivity (Wildman–Crippen MR) is 76.5 cm³/mol. The van der Waals surface area contributed by atoms with Gasteiger partial charge in [0.05, 0.1) is 12.5 Å². The van der Waals surface area contributed by atoms with Crippen LogP contribution in [0.4, 0.5) is 0 Å². The van der Waals surface area contributed by atoms with Crippen molar-refractivity contribution >= 4 is 11.6 Å². The lowest BCUT2D eigenvalue weighted by atomic mass is 10.0. The molecule has 0 saturated carbocycles. The van der Waals surface area contributed by atoms with Crippen LogP contribution in [0.1, 0.15) is 22.1 Å². The molecule has 0 aromatic heterocycles. The summed E-state index contributed by atoms with van der Waals surface area (Å²) in [6.07, 6.45) is 0.808. The Hall–Kier alpha value is -1.47. The molecule has 0 aliphatic heterocycles. The van der Waals surface area contributed by atoms with Gasteiger partial charge in [0.15, 0.2) is 0 Å². The molecule has 0 aliphatic rings. The van der Waals surface area contributed by atoms with Crippen LogP contribution in [0, 0.1) is 6.92 Å². The van der Waals surface area contributed by atoms with Crippen LogP contribution in [0.15, 0.2) is 48.5 Å². The molecule has 0 fully saturated rings. The van der Waals surface area contributed by atoms with Crippen molar-refractivity contribution < 1.29 is 4.74 Å². The zero-order valence-electron chi connectivity index (χ0n) is 10.7. The zero-order valence-corrected chi connectivity index (χ0v) is 11.4. The summed E-state index contributed by atoms with van der Waals surface area (Å²) in [6, 6.07) is 16.4. The van der Waals surface area contributed by atoms with E-state index in [0.717, 1.165) is 17.7 Å².